The number of rotatable bonds is 9. The van der Waals surface area contributed by atoms with Crippen molar-refractivity contribution < 1.29 is 23.7 Å². The van der Waals surface area contributed by atoms with Crippen LogP contribution in [0.3, 0.4) is 0 Å². The van der Waals surface area contributed by atoms with Crippen molar-refractivity contribution in [2.45, 2.75) is 57.8 Å². The van der Waals surface area contributed by atoms with E-state index in [1.807, 2.05) is 26.0 Å². The number of phenols is 1. The Morgan fingerprint density at radius 1 is 1.31 bits per heavy atom. The first-order valence-electron chi connectivity index (χ1n) is 10.0. The fourth-order valence-corrected chi connectivity index (χ4v) is 6.31. The molecule has 0 amide bonds. The number of aliphatic hydroxyl groups excluding tert-OH is 2. The molecule has 0 bridgehead atoms. The third-order valence-electron chi connectivity index (χ3n) is 5.39. The molecule has 2 atom stereocenters. The molecule has 2 rings (SSSR count). The van der Waals surface area contributed by atoms with Crippen molar-refractivity contribution in [1.82, 2.24) is 0 Å². The van der Waals surface area contributed by atoms with E-state index in [-0.39, 0.29) is 17.4 Å². The van der Waals surface area contributed by atoms with Crippen LogP contribution in [0.5, 0.6) is 5.75 Å². The van der Waals surface area contributed by atoms with Gasteiger partial charge >= 0.3 is 0 Å². The number of hydrogen-bond donors (Lipinski definition) is 3. The zero-order valence-electron chi connectivity index (χ0n) is 17.2. The topological polar surface area (TPSA) is 94.8 Å². The van der Waals surface area contributed by atoms with Gasteiger partial charge < -0.3 is 15.3 Å². The van der Waals surface area contributed by atoms with E-state index in [9.17, 15) is 23.7 Å². The maximum absolute atomic E-state index is 12.4. The van der Waals surface area contributed by atoms with Crippen molar-refractivity contribution >= 4 is 31.8 Å². The van der Waals surface area contributed by atoms with Gasteiger partial charge in [-0.05, 0) is 54.5 Å². The number of allylic oxidation sites excluding steroid dienone is 1. The minimum atomic E-state index is -3.47. The molecular formula is C22H31BrO5S. The average molecular weight is 487 g/mol. The third kappa shape index (κ3) is 5.94. The normalized spacial score (nSPS) is 20.5. The predicted molar refractivity (Wildman–Crippen MR) is 120 cm³/mol. The van der Waals surface area contributed by atoms with Crippen molar-refractivity contribution in [3.63, 3.8) is 0 Å². The molecule has 0 aromatic heterocycles. The van der Waals surface area contributed by atoms with E-state index in [2.05, 4.69) is 22.9 Å². The minimum Gasteiger partial charge on any atom is -0.507 e. The van der Waals surface area contributed by atoms with Crippen molar-refractivity contribution in [2.75, 3.05) is 12.4 Å². The second-order valence-electron chi connectivity index (χ2n) is 7.92. The predicted octanol–water partition coefficient (Wildman–Crippen LogP) is 4.22. The molecule has 3 N–H and O–H groups in total. The highest BCUT2D eigenvalue weighted by Gasteiger charge is 2.41. The van der Waals surface area contributed by atoms with E-state index in [1.165, 1.54) is 0 Å². The van der Waals surface area contributed by atoms with E-state index >= 15 is 0 Å². The van der Waals surface area contributed by atoms with Gasteiger partial charge in [0.15, 0.2) is 9.84 Å². The lowest BCUT2D eigenvalue weighted by Gasteiger charge is -2.20. The van der Waals surface area contributed by atoms with Crippen LogP contribution in [0.15, 0.2) is 39.4 Å². The number of aliphatic hydroxyl groups is 2. The van der Waals surface area contributed by atoms with E-state index in [0.29, 0.717) is 24.0 Å². The molecule has 0 saturated heterocycles. The Kier molecular flexibility index (Phi) is 8.52. The number of halogens is 1. The molecular weight excluding hydrogens is 456 g/mol. The largest absolute Gasteiger partial charge is 0.507 e. The van der Waals surface area contributed by atoms with Gasteiger partial charge in [0, 0.05) is 10.0 Å². The van der Waals surface area contributed by atoms with Gasteiger partial charge in [-0.25, -0.2) is 8.42 Å². The van der Waals surface area contributed by atoms with Gasteiger partial charge in [-0.2, -0.15) is 0 Å². The van der Waals surface area contributed by atoms with Crippen molar-refractivity contribution in [3.8, 4) is 5.75 Å². The van der Waals surface area contributed by atoms with Crippen molar-refractivity contribution in [2.24, 2.45) is 5.92 Å². The van der Waals surface area contributed by atoms with Crippen LogP contribution in [-0.4, -0.2) is 47.5 Å². The minimum absolute atomic E-state index is 0.00440. The summed E-state index contributed by atoms with van der Waals surface area (Å²) in [6, 6.07) is 5.24. The molecule has 0 aliphatic carbocycles. The summed E-state index contributed by atoms with van der Waals surface area (Å²) in [6.45, 7) is 5.38. The number of hydrogen-bond acceptors (Lipinski definition) is 5. The molecule has 1 heterocycles. The van der Waals surface area contributed by atoms with Crippen LogP contribution >= 0.6 is 15.9 Å². The first-order valence-corrected chi connectivity index (χ1v) is 12.5. The maximum atomic E-state index is 12.4. The zero-order chi connectivity index (χ0) is 21.8. The Morgan fingerprint density at radius 3 is 2.59 bits per heavy atom. The van der Waals surface area contributed by atoms with Gasteiger partial charge in [-0.15, -0.1) is 0 Å². The van der Waals surface area contributed by atoms with Crippen molar-refractivity contribution in [1.29, 1.82) is 0 Å². The number of aromatic hydroxyl groups is 1. The molecule has 0 saturated carbocycles. The van der Waals surface area contributed by atoms with E-state index in [4.69, 9.17) is 0 Å². The highest BCUT2D eigenvalue weighted by atomic mass is 79.9. The molecule has 29 heavy (non-hydrogen) atoms. The molecule has 0 unspecified atom stereocenters. The molecule has 0 radical (unpaired) electrons. The molecule has 162 valence electrons. The SMILES string of the molecule is CCC/C(=C\c1cc(Br)ccc1O)CC[C@@H](O)C1=C(C(C)C)CS(=O)(=O)[C@H]1CO. The van der Waals surface area contributed by atoms with Crippen molar-refractivity contribution in [3.05, 3.63) is 45.0 Å². The summed E-state index contributed by atoms with van der Waals surface area (Å²) in [7, 11) is -3.47. The Hall–Kier alpha value is -1.15. The monoisotopic (exact) mass is 486 g/mol. The molecule has 5 nitrogen and oxygen atoms in total. The number of phenolic OH excluding ortho intramolecular Hbond substituents is 1. The van der Waals surface area contributed by atoms with Crippen LogP contribution in [0.4, 0.5) is 0 Å². The van der Waals surface area contributed by atoms with E-state index < -0.39 is 27.8 Å². The second-order valence-corrected chi connectivity index (χ2v) is 11.0. The smallest absolute Gasteiger partial charge is 0.163 e. The number of sulfone groups is 1. The second kappa shape index (κ2) is 10.2. The molecule has 7 heteroatoms. The van der Waals surface area contributed by atoms with Gasteiger partial charge in [0.05, 0.1) is 18.5 Å². The lowest BCUT2D eigenvalue weighted by Crippen LogP contribution is -2.29. The molecule has 0 spiro atoms. The molecule has 1 aromatic carbocycles. The highest BCUT2D eigenvalue weighted by Crippen LogP contribution is 2.36. The lowest BCUT2D eigenvalue weighted by molar-refractivity contribution is 0.187. The summed E-state index contributed by atoms with van der Waals surface area (Å²) in [5, 5.41) is 29.6. The average Bonchev–Trinajstić information content (AvgIpc) is 2.93. The summed E-state index contributed by atoms with van der Waals surface area (Å²) in [6.07, 6.45) is 3.70. The van der Waals surface area contributed by atoms with Crippen LogP contribution in [0.1, 0.15) is 52.0 Å². The fourth-order valence-electron chi connectivity index (χ4n) is 3.87. The zero-order valence-corrected chi connectivity index (χ0v) is 19.6. The summed E-state index contributed by atoms with van der Waals surface area (Å²) >= 11 is 3.41. The molecule has 1 aliphatic rings. The van der Waals surface area contributed by atoms with Crippen LogP contribution in [0, 0.1) is 5.92 Å². The van der Waals surface area contributed by atoms with Gasteiger partial charge in [0.25, 0.3) is 0 Å². The summed E-state index contributed by atoms with van der Waals surface area (Å²) in [5.41, 5.74) is 2.98. The van der Waals surface area contributed by atoms with Gasteiger partial charge in [0.2, 0.25) is 0 Å². The highest BCUT2D eigenvalue weighted by molar-refractivity contribution is 9.10. The molecule has 1 aromatic rings. The van der Waals surface area contributed by atoms with E-state index in [0.717, 1.165) is 28.5 Å². The molecule has 0 fully saturated rings. The quantitative estimate of drug-likeness (QED) is 0.454. The summed E-state index contributed by atoms with van der Waals surface area (Å²) < 4.78 is 25.7. The Morgan fingerprint density at radius 2 is 2.00 bits per heavy atom. The first-order chi connectivity index (χ1) is 13.6. The van der Waals surface area contributed by atoms with Crippen LogP contribution in [-0.2, 0) is 9.84 Å². The van der Waals surface area contributed by atoms with Crippen LogP contribution < -0.4 is 0 Å². The third-order valence-corrected chi connectivity index (χ3v) is 7.87. The van der Waals surface area contributed by atoms with Crippen LogP contribution in [0.2, 0.25) is 0 Å². The fraction of sp³-hybridized carbons (Fsp3) is 0.545. The summed E-state index contributed by atoms with van der Waals surface area (Å²) in [4.78, 5) is 0. The lowest BCUT2D eigenvalue weighted by atomic mass is 9.90. The van der Waals surface area contributed by atoms with Gasteiger partial charge in [0.1, 0.15) is 11.0 Å². The molecule has 1 aliphatic heterocycles. The Labute approximate surface area is 182 Å². The summed E-state index contributed by atoms with van der Waals surface area (Å²) in [5.74, 6) is 0.0934. The first kappa shape index (κ1) is 24.1. The van der Waals surface area contributed by atoms with Crippen LogP contribution in [0.25, 0.3) is 6.08 Å². The van der Waals surface area contributed by atoms with Gasteiger partial charge in [-0.3, -0.25) is 0 Å². The Balaban J connectivity index is 2.25. The van der Waals surface area contributed by atoms with E-state index in [1.54, 1.807) is 12.1 Å². The van der Waals surface area contributed by atoms with Gasteiger partial charge in [-0.1, -0.05) is 54.8 Å². The Bertz CT molecular complexity index is 886. The standard InChI is InChI=1S/C22H31BrO5S/c1-4-5-15(10-16-11-17(23)7-9-19(16)25)6-8-20(26)22-18(14(2)3)13-29(27,28)21(22)12-24/h7,9-11,14,20-21,24-26H,4-6,8,12-13H2,1-3H3/b15-10+/t20-,21+/m1/s1. The maximum Gasteiger partial charge on any atom is 0.163 e. The number of benzene rings is 1.